The first-order valence-electron chi connectivity index (χ1n) is 9.14. The monoisotopic (exact) mass is 375 g/mol. The standard InChI is InChI=1S/C20H26FN3O3/c1-13-10-17-18(14(2)27-13)22-24(8-9-26-4)19(17)20(25)23(3)12-15-6-5-7-16(21)11-15/h5-7,11,13-14H,8-10,12H2,1-4H3/t13-,14+/m0/s1. The molecule has 0 saturated heterocycles. The molecule has 7 heteroatoms. The predicted octanol–water partition coefficient (Wildman–Crippen LogP) is 2.96. The maximum absolute atomic E-state index is 13.5. The zero-order chi connectivity index (χ0) is 19.6. The Kier molecular flexibility index (Phi) is 5.92. The first-order valence-corrected chi connectivity index (χ1v) is 9.14. The number of benzene rings is 1. The first-order chi connectivity index (χ1) is 12.9. The molecule has 1 aromatic heterocycles. The summed E-state index contributed by atoms with van der Waals surface area (Å²) in [4.78, 5) is 14.9. The fourth-order valence-electron chi connectivity index (χ4n) is 3.53. The highest BCUT2D eigenvalue weighted by atomic mass is 19.1. The summed E-state index contributed by atoms with van der Waals surface area (Å²) in [7, 11) is 3.34. The van der Waals surface area contributed by atoms with Crippen LogP contribution in [-0.2, 0) is 29.0 Å². The molecular weight excluding hydrogens is 349 g/mol. The Hall–Kier alpha value is -2.25. The summed E-state index contributed by atoms with van der Waals surface area (Å²) in [6.45, 7) is 5.21. The highest BCUT2D eigenvalue weighted by Crippen LogP contribution is 2.32. The zero-order valence-electron chi connectivity index (χ0n) is 16.2. The molecule has 0 bridgehead atoms. The summed E-state index contributed by atoms with van der Waals surface area (Å²) >= 11 is 0. The van der Waals surface area contributed by atoms with Crippen molar-refractivity contribution in [1.82, 2.24) is 14.7 Å². The van der Waals surface area contributed by atoms with Crippen LogP contribution in [0.15, 0.2) is 24.3 Å². The van der Waals surface area contributed by atoms with Gasteiger partial charge in [0.05, 0.1) is 31.1 Å². The topological polar surface area (TPSA) is 56.6 Å². The Morgan fingerprint density at radius 1 is 1.44 bits per heavy atom. The third-order valence-corrected chi connectivity index (χ3v) is 4.76. The van der Waals surface area contributed by atoms with Crippen LogP contribution >= 0.6 is 0 Å². The SMILES string of the molecule is COCCn1nc2c(c1C(=O)N(C)Cc1cccc(F)c1)C[C@H](C)O[C@@H]2C. The van der Waals surface area contributed by atoms with Gasteiger partial charge in [-0.15, -0.1) is 0 Å². The minimum atomic E-state index is -0.310. The number of fused-ring (bicyclic) bond motifs is 1. The van der Waals surface area contributed by atoms with Gasteiger partial charge in [-0.25, -0.2) is 4.39 Å². The lowest BCUT2D eigenvalue weighted by molar-refractivity contribution is -0.00720. The lowest BCUT2D eigenvalue weighted by atomic mass is 9.99. The van der Waals surface area contributed by atoms with Crippen LogP contribution in [0.25, 0.3) is 0 Å². The number of carbonyl (C=O) groups is 1. The van der Waals surface area contributed by atoms with Crippen molar-refractivity contribution >= 4 is 5.91 Å². The number of hydrogen-bond acceptors (Lipinski definition) is 4. The van der Waals surface area contributed by atoms with Crippen LogP contribution in [0.2, 0.25) is 0 Å². The fourth-order valence-corrected chi connectivity index (χ4v) is 3.53. The summed E-state index contributed by atoms with van der Waals surface area (Å²) in [5.41, 5.74) is 3.07. The van der Waals surface area contributed by atoms with Crippen LogP contribution in [-0.4, -0.2) is 47.5 Å². The molecule has 0 N–H and O–H groups in total. The molecule has 2 aromatic rings. The number of amides is 1. The quantitative estimate of drug-likeness (QED) is 0.779. The molecule has 146 valence electrons. The van der Waals surface area contributed by atoms with E-state index in [0.29, 0.717) is 31.8 Å². The summed E-state index contributed by atoms with van der Waals surface area (Å²) < 4.78 is 26.2. The van der Waals surface area contributed by atoms with Crippen molar-refractivity contribution in [2.45, 2.75) is 45.6 Å². The molecule has 1 amide bonds. The van der Waals surface area contributed by atoms with Crippen molar-refractivity contribution in [2.24, 2.45) is 0 Å². The van der Waals surface area contributed by atoms with E-state index in [4.69, 9.17) is 9.47 Å². The molecule has 2 heterocycles. The number of rotatable bonds is 6. The van der Waals surface area contributed by atoms with Crippen molar-refractivity contribution in [3.63, 3.8) is 0 Å². The van der Waals surface area contributed by atoms with Gasteiger partial charge in [-0.1, -0.05) is 12.1 Å². The highest BCUT2D eigenvalue weighted by Gasteiger charge is 2.33. The van der Waals surface area contributed by atoms with E-state index in [0.717, 1.165) is 16.8 Å². The van der Waals surface area contributed by atoms with E-state index in [1.54, 1.807) is 29.8 Å². The van der Waals surface area contributed by atoms with Gasteiger partial charge in [0.25, 0.3) is 5.91 Å². The van der Waals surface area contributed by atoms with Gasteiger partial charge in [0.1, 0.15) is 11.5 Å². The largest absolute Gasteiger partial charge is 0.383 e. The molecule has 1 aliphatic heterocycles. The Morgan fingerprint density at radius 3 is 2.93 bits per heavy atom. The second-order valence-electron chi connectivity index (χ2n) is 7.01. The first kappa shape index (κ1) is 19.5. The van der Waals surface area contributed by atoms with Crippen LogP contribution in [0.4, 0.5) is 4.39 Å². The van der Waals surface area contributed by atoms with Crippen LogP contribution < -0.4 is 0 Å². The molecule has 0 fully saturated rings. The van der Waals surface area contributed by atoms with Gasteiger partial charge >= 0.3 is 0 Å². The van der Waals surface area contributed by atoms with Crippen molar-refractivity contribution in [1.29, 1.82) is 0 Å². The number of aromatic nitrogens is 2. The molecule has 0 radical (unpaired) electrons. The van der Waals surface area contributed by atoms with E-state index in [1.165, 1.54) is 12.1 Å². The van der Waals surface area contributed by atoms with Gasteiger partial charge in [-0.3, -0.25) is 9.48 Å². The molecule has 27 heavy (non-hydrogen) atoms. The molecule has 0 spiro atoms. The summed E-state index contributed by atoms with van der Waals surface area (Å²) in [6.07, 6.45) is 0.502. The van der Waals surface area contributed by atoms with Gasteiger partial charge < -0.3 is 14.4 Å². The Balaban J connectivity index is 1.92. The third-order valence-electron chi connectivity index (χ3n) is 4.76. The van der Waals surface area contributed by atoms with E-state index >= 15 is 0 Å². The number of methoxy groups -OCH3 is 1. The number of halogens is 1. The Morgan fingerprint density at radius 2 is 2.22 bits per heavy atom. The lowest BCUT2D eigenvalue weighted by Gasteiger charge is -2.25. The summed E-state index contributed by atoms with van der Waals surface area (Å²) in [5, 5.41) is 4.63. The zero-order valence-corrected chi connectivity index (χ0v) is 16.2. The maximum atomic E-state index is 13.5. The Bertz CT molecular complexity index is 821. The van der Waals surface area contributed by atoms with Gasteiger partial charge in [-0.05, 0) is 31.5 Å². The summed E-state index contributed by atoms with van der Waals surface area (Å²) in [5.74, 6) is -0.443. The maximum Gasteiger partial charge on any atom is 0.272 e. The van der Waals surface area contributed by atoms with Gasteiger partial charge in [0.15, 0.2) is 0 Å². The van der Waals surface area contributed by atoms with E-state index in [9.17, 15) is 9.18 Å². The van der Waals surface area contributed by atoms with Crippen LogP contribution in [0.5, 0.6) is 0 Å². The number of ether oxygens (including phenoxy) is 2. The minimum absolute atomic E-state index is 0.0210. The molecule has 0 saturated carbocycles. The minimum Gasteiger partial charge on any atom is -0.383 e. The van der Waals surface area contributed by atoms with Gasteiger partial charge in [-0.2, -0.15) is 5.10 Å². The molecule has 1 aromatic carbocycles. The molecule has 0 aliphatic carbocycles. The highest BCUT2D eigenvalue weighted by molar-refractivity contribution is 5.94. The average molecular weight is 375 g/mol. The van der Waals surface area contributed by atoms with E-state index in [2.05, 4.69) is 5.10 Å². The van der Waals surface area contributed by atoms with Crippen molar-refractivity contribution in [2.75, 3.05) is 20.8 Å². The fraction of sp³-hybridized carbons (Fsp3) is 0.500. The average Bonchev–Trinajstić information content (AvgIpc) is 2.97. The molecular formula is C20H26FN3O3. The molecule has 2 atom stereocenters. The second-order valence-corrected chi connectivity index (χ2v) is 7.01. The van der Waals surface area contributed by atoms with Crippen molar-refractivity contribution in [3.05, 3.63) is 52.6 Å². The predicted molar refractivity (Wildman–Crippen MR) is 99.0 cm³/mol. The second kappa shape index (κ2) is 8.19. The number of nitrogens with zero attached hydrogens (tertiary/aromatic N) is 3. The van der Waals surface area contributed by atoms with Gasteiger partial charge in [0, 0.05) is 32.7 Å². The smallest absolute Gasteiger partial charge is 0.272 e. The van der Waals surface area contributed by atoms with Gasteiger partial charge in [0.2, 0.25) is 0 Å². The lowest BCUT2D eigenvalue weighted by Crippen LogP contribution is -2.31. The molecule has 3 rings (SSSR count). The van der Waals surface area contributed by atoms with E-state index in [-0.39, 0.29) is 23.9 Å². The van der Waals surface area contributed by atoms with E-state index < -0.39 is 0 Å². The number of carbonyl (C=O) groups excluding carboxylic acids is 1. The van der Waals surface area contributed by atoms with Crippen LogP contribution in [0.1, 0.15) is 47.3 Å². The molecule has 6 nitrogen and oxygen atoms in total. The summed E-state index contributed by atoms with van der Waals surface area (Å²) in [6, 6.07) is 6.29. The molecule has 0 unspecified atom stereocenters. The third kappa shape index (κ3) is 4.20. The number of hydrogen-bond donors (Lipinski definition) is 0. The Labute approximate surface area is 158 Å². The normalized spacial score (nSPS) is 19.0. The van der Waals surface area contributed by atoms with Crippen LogP contribution in [0, 0.1) is 5.82 Å². The van der Waals surface area contributed by atoms with Crippen LogP contribution in [0.3, 0.4) is 0 Å². The van der Waals surface area contributed by atoms with E-state index in [1.807, 2.05) is 19.9 Å². The molecule has 1 aliphatic rings. The van der Waals surface area contributed by atoms with Crippen molar-refractivity contribution < 1.29 is 18.7 Å². The van der Waals surface area contributed by atoms with Crippen molar-refractivity contribution in [3.8, 4) is 0 Å².